The monoisotopic (exact) mass is 358 g/mol. The van der Waals surface area contributed by atoms with Gasteiger partial charge < -0.3 is 0 Å². The summed E-state index contributed by atoms with van der Waals surface area (Å²) < 4.78 is 2.46. The number of hydrogen-bond acceptors (Lipinski definition) is 4. The summed E-state index contributed by atoms with van der Waals surface area (Å²) in [4.78, 5) is 8.68. The molecule has 0 saturated heterocycles. The van der Waals surface area contributed by atoms with Crippen LogP contribution in [0.1, 0.15) is 16.7 Å². The number of nitrogens with zero attached hydrogens (tertiary/aromatic N) is 3. The molecule has 0 spiro atoms. The Balaban J connectivity index is 2.19. The van der Waals surface area contributed by atoms with Crippen LogP contribution in [0.4, 0.5) is 5.82 Å². The topological polar surface area (TPSA) is 66.6 Å². The van der Waals surface area contributed by atoms with E-state index in [2.05, 4.69) is 54.9 Å². The Morgan fingerprint density at radius 2 is 2.09 bits per heavy atom. The van der Waals surface area contributed by atoms with Crippen LogP contribution in [0.5, 0.6) is 0 Å². The molecule has 0 amide bonds. The van der Waals surface area contributed by atoms with Crippen LogP contribution in [0, 0.1) is 12.3 Å². The summed E-state index contributed by atoms with van der Waals surface area (Å²) in [5.74, 6) is 0.739. The molecule has 5 nitrogen and oxygen atoms in total. The minimum atomic E-state index is 0.389. The molecule has 0 fully saturated rings. The number of aromatic nitrogens is 3. The third-order valence-electron chi connectivity index (χ3n) is 3.74. The molecule has 0 aliphatic carbocycles. The van der Waals surface area contributed by atoms with Gasteiger partial charge >= 0.3 is 137 Å². The van der Waals surface area contributed by atoms with Gasteiger partial charge in [0.1, 0.15) is 0 Å². The van der Waals surface area contributed by atoms with Crippen molar-refractivity contribution in [2.75, 3.05) is 12.4 Å². The van der Waals surface area contributed by atoms with Gasteiger partial charge in [-0.05, 0) is 0 Å². The fourth-order valence-corrected chi connectivity index (χ4v) is 2.90. The molecule has 0 aliphatic heterocycles. The maximum absolute atomic E-state index is 7.97. The van der Waals surface area contributed by atoms with Crippen molar-refractivity contribution in [3.63, 3.8) is 0 Å². The van der Waals surface area contributed by atoms with Gasteiger partial charge in [-0.1, -0.05) is 0 Å². The van der Waals surface area contributed by atoms with Crippen molar-refractivity contribution < 1.29 is 0 Å². The molecule has 111 valence electrons. The predicted molar refractivity (Wildman–Crippen MR) is 89.9 cm³/mol. The molecule has 3 aromatic rings. The van der Waals surface area contributed by atoms with Crippen molar-refractivity contribution >= 4 is 37.5 Å². The molecule has 1 radical (unpaired) electrons. The summed E-state index contributed by atoms with van der Waals surface area (Å²) in [7, 11) is 1.83. The van der Waals surface area contributed by atoms with Gasteiger partial charge in [0.05, 0.1) is 0 Å². The first-order valence-corrected chi connectivity index (χ1v) is 7.79. The molecule has 0 saturated carbocycles. The molecule has 3 rings (SSSR count). The SMILES string of the molecule is CNc1ncnc2c1c(C(=N)[Se])cn2Cc1ccccc1C. The molecule has 0 bridgehead atoms. The van der Waals surface area contributed by atoms with Crippen molar-refractivity contribution in [1.82, 2.24) is 14.5 Å². The molecule has 22 heavy (non-hydrogen) atoms. The third-order valence-corrected chi connectivity index (χ3v) is 4.20. The van der Waals surface area contributed by atoms with Gasteiger partial charge in [0, 0.05) is 0 Å². The van der Waals surface area contributed by atoms with Crippen molar-refractivity contribution in [3.05, 3.63) is 53.5 Å². The number of rotatable bonds is 4. The van der Waals surface area contributed by atoms with E-state index in [9.17, 15) is 0 Å². The Morgan fingerprint density at radius 1 is 1.32 bits per heavy atom. The van der Waals surface area contributed by atoms with Gasteiger partial charge in [0.2, 0.25) is 0 Å². The molecule has 1 aromatic carbocycles. The van der Waals surface area contributed by atoms with E-state index in [4.69, 9.17) is 5.41 Å². The van der Waals surface area contributed by atoms with Gasteiger partial charge in [0.15, 0.2) is 0 Å². The van der Waals surface area contributed by atoms with Gasteiger partial charge in [-0.3, -0.25) is 0 Å². The van der Waals surface area contributed by atoms with E-state index in [1.54, 1.807) is 6.33 Å². The summed E-state index contributed by atoms with van der Waals surface area (Å²) in [6.45, 7) is 2.82. The Bertz CT molecular complexity index is 853. The maximum atomic E-state index is 7.97. The minimum absolute atomic E-state index is 0.389. The normalized spacial score (nSPS) is 10.8. The summed E-state index contributed by atoms with van der Waals surface area (Å²) in [5.41, 5.74) is 4.13. The molecule has 0 aliphatic rings. The van der Waals surface area contributed by atoms with Crippen LogP contribution < -0.4 is 5.32 Å². The quantitative estimate of drug-likeness (QED) is 0.556. The van der Waals surface area contributed by atoms with E-state index >= 15 is 0 Å². The van der Waals surface area contributed by atoms with Gasteiger partial charge in [-0.25, -0.2) is 0 Å². The average Bonchev–Trinajstić information content (AvgIpc) is 2.89. The van der Waals surface area contributed by atoms with E-state index in [1.165, 1.54) is 11.1 Å². The molecule has 0 unspecified atom stereocenters. The van der Waals surface area contributed by atoms with E-state index in [1.807, 2.05) is 25.4 Å². The Morgan fingerprint density at radius 3 is 2.77 bits per heavy atom. The predicted octanol–water partition coefficient (Wildman–Crippen LogP) is 2.32. The van der Waals surface area contributed by atoms with Crippen molar-refractivity contribution in [2.24, 2.45) is 0 Å². The molecular weight excluding hydrogens is 341 g/mol. The second-order valence-corrected chi connectivity index (χ2v) is 5.95. The van der Waals surface area contributed by atoms with Crippen molar-refractivity contribution in [1.29, 1.82) is 5.41 Å². The van der Waals surface area contributed by atoms with Crippen LogP contribution in [0.3, 0.4) is 0 Å². The Kier molecular flexibility index (Phi) is 3.96. The standard InChI is InChI=1S/C16H16N5Se/c1-10-5-3-4-6-11(10)7-21-8-12(14(17)22)13-15(18-2)19-9-20-16(13)21/h3-6,8-9,17H,7H2,1-2H3,(H,18,19,20). The Labute approximate surface area is 137 Å². The van der Waals surface area contributed by atoms with Crippen LogP contribution >= 0.6 is 0 Å². The Hall–Kier alpha value is -2.17. The fourth-order valence-electron chi connectivity index (χ4n) is 2.58. The van der Waals surface area contributed by atoms with E-state index in [0.29, 0.717) is 4.61 Å². The van der Waals surface area contributed by atoms with Crippen LogP contribution in [-0.2, 0) is 6.54 Å². The molecular formula is C16H16N5Se. The zero-order valence-corrected chi connectivity index (χ0v) is 14.1. The zero-order chi connectivity index (χ0) is 15.7. The molecule has 0 atom stereocenters. The second kappa shape index (κ2) is 5.91. The number of benzene rings is 1. The van der Waals surface area contributed by atoms with Gasteiger partial charge in [0.25, 0.3) is 0 Å². The zero-order valence-electron chi connectivity index (χ0n) is 12.4. The van der Waals surface area contributed by atoms with E-state index in [-0.39, 0.29) is 0 Å². The van der Waals surface area contributed by atoms with Gasteiger partial charge in [-0.2, -0.15) is 0 Å². The average molecular weight is 357 g/mol. The first-order chi connectivity index (χ1) is 10.6. The summed E-state index contributed by atoms with van der Waals surface area (Å²) in [5, 5.41) is 11.9. The number of anilines is 1. The molecule has 2 N–H and O–H groups in total. The molecule has 6 heteroatoms. The van der Waals surface area contributed by atoms with E-state index in [0.717, 1.165) is 29.0 Å². The van der Waals surface area contributed by atoms with Crippen LogP contribution in [-0.4, -0.2) is 42.2 Å². The second-order valence-electron chi connectivity index (χ2n) is 5.10. The summed E-state index contributed by atoms with van der Waals surface area (Å²) in [6, 6.07) is 8.30. The third kappa shape index (κ3) is 2.51. The number of hydrogen-bond donors (Lipinski definition) is 2. The van der Waals surface area contributed by atoms with Crippen LogP contribution in [0.2, 0.25) is 0 Å². The number of fused-ring (bicyclic) bond motifs is 1. The van der Waals surface area contributed by atoms with Crippen molar-refractivity contribution in [3.8, 4) is 0 Å². The number of aryl methyl sites for hydroxylation is 1. The summed E-state index contributed by atoms with van der Waals surface area (Å²) in [6.07, 6.45) is 3.51. The fraction of sp³-hybridized carbons (Fsp3) is 0.188. The van der Waals surface area contributed by atoms with Crippen LogP contribution in [0.15, 0.2) is 36.8 Å². The van der Waals surface area contributed by atoms with Gasteiger partial charge in [-0.15, -0.1) is 0 Å². The summed E-state index contributed by atoms with van der Waals surface area (Å²) >= 11 is 2.77. The van der Waals surface area contributed by atoms with E-state index < -0.39 is 0 Å². The van der Waals surface area contributed by atoms with Crippen LogP contribution in [0.25, 0.3) is 11.0 Å². The first-order valence-electron chi connectivity index (χ1n) is 6.94. The number of nitrogens with one attached hydrogen (secondary N) is 2. The van der Waals surface area contributed by atoms with Crippen molar-refractivity contribution in [2.45, 2.75) is 13.5 Å². The molecule has 2 heterocycles. The first kappa shape index (κ1) is 14.8. The molecule has 2 aromatic heterocycles.